The van der Waals surface area contributed by atoms with Gasteiger partial charge in [0.25, 0.3) is 0 Å². The van der Waals surface area contributed by atoms with E-state index in [1.165, 1.54) is 50.1 Å². The van der Waals surface area contributed by atoms with E-state index in [1.54, 1.807) is 18.2 Å². The van der Waals surface area contributed by atoms with Crippen molar-refractivity contribution >= 4 is 59.2 Å². The minimum Gasteiger partial charge on any atom is -0.384 e. The van der Waals surface area contributed by atoms with E-state index in [2.05, 4.69) is 154 Å². The van der Waals surface area contributed by atoms with Crippen molar-refractivity contribution in [3.63, 3.8) is 0 Å². The maximum absolute atomic E-state index is 12.3. The fourth-order valence-electron chi connectivity index (χ4n) is 9.83. The molecule has 0 amide bonds. The Labute approximate surface area is 398 Å². The highest BCUT2D eigenvalue weighted by atomic mass is 32.2. The van der Waals surface area contributed by atoms with E-state index in [-0.39, 0.29) is 16.1 Å². The molecule has 338 valence electrons. The number of hydrogen-bond donors (Lipinski definition) is 3. The van der Waals surface area contributed by atoms with E-state index >= 15 is 0 Å². The molecule has 2 heterocycles. The minimum atomic E-state index is -3.87. The summed E-state index contributed by atoms with van der Waals surface area (Å²) in [7, 11) is -3.87. The Balaban J connectivity index is 0.000000174. The zero-order chi connectivity index (χ0) is 48.1. The predicted molar refractivity (Wildman–Crippen MR) is 281 cm³/mol. The number of nitrogens with one attached hydrogen (secondary N) is 1. The Morgan fingerprint density at radius 1 is 0.618 bits per heavy atom. The molecule has 8 nitrogen and oxygen atoms in total. The van der Waals surface area contributed by atoms with Crippen LogP contribution in [0.1, 0.15) is 65.5 Å². The molecule has 10 rings (SSSR count). The number of sulfonamides is 1. The van der Waals surface area contributed by atoms with Crippen molar-refractivity contribution in [1.82, 2.24) is 9.13 Å². The van der Waals surface area contributed by atoms with Gasteiger partial charge in [0, 0.05) is 57.4 Å². The summed E-state index contributed by atoms with van der Waals surface area (Å²) >= 11 is 0. The fourth-order valence-corrected chi connectivity index (χ4v) is 10.6. The van der Waals surface area contributed by atoms with Gasteiger partial charge < -0.3 is 14.9 Å². The first kappa shape index (κ1) is 45.4. The minimum absolute atomic E-state index is 0.0548. The number of primary sulfonamides is 1. The van der Waals surface area contributed by atoms with Gasteiger partial charge in [0.15, 0.2) is 0 Å². The van der Waals surface area contributed by atoms with Gasteiger partial charge in [0.05, 0.1) is 16.5 Å². The lowest BCUT2D eigenvalue weighted by molar-refractivity contribution is 0.585. The number of nitriles is 1. The molecule has 0 aliphatic rings. The average Bonchev–Trinajstić information content (AvgIpc) is 3.78. The van der Waals surface area contributed by atoms with E-state index in [4.69, 9.17) is 16.3 Å². The fraction of sp³-hybridized carbons (Fsp3) is 0.153. The molecule has 0 saturated heterocycles. The van der Waals surface area contributed by atoms with Crippen LogP contribution in [0.25, 0.3) is 65.6 Å². The van der Waals surface area contributed by atoms with Gasteiger partial charge in [-0.25, -0.2) is 13.6 Å². The normalized spacial score (nSPS) is 11.8. The Morgan fingerprint density at radius 3 is 1.85 bits per heavy atom. The highest BCUT2D eigenvalue weighted by Crippen LogP contribution is 2.39. The molecule has 2 aromatic heterocycles. The average molecular weight is 911 g/mol. The lowest BCUT2D eigenvalue weighted by Crippen LogP contribution is -2.14. The van der Waals surface area contributed by atoms with Crippen molar-refractivity contribution in [3.05, 3.63) is 209 Å². The Bertz CT molecular complexity index is 3790. The third-order valence-electron chi connectivity index (χ3n) is 13.1. The first-order valence-electron chi connectivity index (χ1n) is 22.7. The number of fused-ring (bicyclic) bond motifs is 4. The molecule has 68 heavy (non-hydrogen) atoms. The van der Waals surface area contributed by atoms with Crippen molar-refractivity contribution in [3.8, 4) is 28.3 Å². The van der Waals surface area contributed by atoms with E-state index in [9.17, 15) is 13.7 Å². The molecule has 9 heteroatoms. The lowest BCUT2D eigenvalue weighted by atomic mass is 9.84. The number of aromatic nitrogens is 2. The van der Waals surface area contributed by atoms with Crippen LogP contribution in [0, 0.1) is 37.5 Å². The molecule has 0 atom stereocenters. The second-order valence-corrected chi connectivity index (χ2v) is 20.4. The van der Waals surface area contributed by atoms with Crippen molar-refractivity contribution in [1.29, 1.82) is 10.7 Å². The summed E-state index contributed by atoms with van der Waals surface area (Å²) in [6, 6.07) is 57.3. The van der Waals surface area contributed by atoms with Crippen LogP contribution in [0.15, 0.2) is 169 Å². The van der Waals surface area contributed by atoms with E-state index in [1.807, 2.05) is 48.5 Å². The predicted octanol–water partition coefficient (Wildman–Crippen LogP) is 13.0. The molecule has 0 saturated carbocycles. The third-order valence-corrected chi connectivity index (χ3v) is 14.0. The van der Waals surface area contributed by atoms with Gasteiger partial charge in [0.2, 0.25) is 10.0 Å². The second-order valence-electron chi connectivity index (χ2n) is 18.8. The molecule has 0 aliphatic heterocycles. The number of aryl methyl sites for hydroxylation is 2. The van der Waals surface area contributed by atoms with Gasteiger partial charge >= 0.3 is 0 Å². The zero-order valence-corrected chi connectivity index (χ0v) is 40.0. The summed E-state index contributed by atoms with van der Waals surface area (Å²) in [5.41, 5.74) is 20.6. The van der Waals surface area contributed by atoms with Crippen LogP contribution in [-0.4, -0.2) is 23.4 Å². The van der Waals surface area contributed by atoms with Crippen molar-refractivity contribution in [2.45, 2.75) is 64.9 Å². The summed E-state index contributed by atoms with van der Waals surface area (Å²) in [6.07, 6.45) is 0. The van der Waals surface area contributed by atoms with Crippen molar-refractivity contribution < 1.29 is 8.42 Å². The van der Waals surface area contributed by atoms with Gasteiger partial charge in [-0.3, -0.25) is 5.41 Å². The van der Waals surface area contributed by atoms with Crippen molar-refractivity contribution in [2.75, 3.05) is 0 Å². The summed E-state index contributed by atoms with van der Waals surface area (Å²) in [6.45, 7) is 14.6. The monoisotopic (exact) mass is 910 g/mol. The first-order chi connectivity index (χ1) is 32.5. The summed E-state index contributed by atoms with van der Waals surface area (Å²) in [5.74, 6) is 0.0548. The third kappa shape index (κ3) is 8.92. The van der Waals surface area contributed by atoms with Gasteiger partial charge in [-0.15, -0.1) is 0 Å². The summed E-state index contributed by atoms with van der Waals surface area (Å²) < 4.78 is 29.3. The highest BCUT2D eigenvalue weighted by Gasteiger charge is 2.25. The van der Waals surface area contributed by atoms with E-state index in [0.717, 1.165) is 50.1 Å². The molecular formula is C59H54N6O2S. The molecular weight excluding hydrogens is 857 g/mol. The zero-order valence-electron chi connectivity index (χ0n) is 39.2. The number of nitrogen functional groups attached to an aromatic ring is 1. The Hall–Kier alpha value is -7.77. The second kappa shape index (κ2) is 17.8. The molecule has 0 radical (unpaired) electrons. The molecule has 0 aliphatic carbocycles. The topological polar surface area (TPSA) is 144 Å². The van der Waals surface area contributed by atoms with Gasteiger partial charge in [-0.05, 0) is 153 Å². The molecule has 10 aromatic rings. The number of benzene rings is 8. The van der Waals surface area contributed by atoms with Crippen molar-refractivity contribution in [2.24, 2.45) is 10.9 Å². The van der Waals surface area contributed by atoms with E-state index < -0.39 is 10.0 Å². The van der Waals surface area contributed by atoms with Crippen LogP contribution in [0.3, 0.4) is 0 Å². The maximum Gasteiger partial charge on any atom is 0.238 e. The SMILES string of the molecule is Cc1c(C(C)(C)C)c2cc(-c3ccccc3S(N)(=O)=O)ccc2n1Cc1ccc2ccc(C(=N)N)cc2c1.Cc1ccccc1-c1ccc2c(c1)cc(C)n2Cc1ccc2ccc(C#N)cc2c1. The molecule has 0 fully saturated rings. The first-order valence-corrected chi connectivity index (χ1v) is 24.2. The molecule has 5 N–H and O–H groups in total. The van der Waals surface area contributed by atoms with Crippen LogP contribution in [-0.2, 0) is 28.5 Å². The summed E-state index contributed by atoms with van der Waals surface area (Å²) in [5, 5.41) is 29.3. The smallest absolute Gasteiger partial charge is 0.238 e. The van der Waals surface area contributed by atoms with Crippen LogP contribution in [0.2, 0.25) is 0 Å². The number of rotatable bonds is 8. The standard InChI is InChI=1S/C31H32N4O2S.C28H22N2/c1-19-29(31(2,3)4)26-17-22(25-7-5-6-8-28(25)38(34,36)37)13-14-27(26)35(19)18-20-9-10-21-11-12-23(30(32)33)16-24(21)15-20;1-19-5-3-4-6-27(19)24-11-12-28-26(16-24)13-20(2)30(28)18-22-8-10-23-9-7-21(17-29)14-25(23)15-22/h5-17H,18H2,1-4H3,(H3,32,33)(H2,34,36,37);3-16H,18H2,1-2H3. The van der Waals surface area contributed by atoms with Crippen LogP contribution < -0.4 is 10.9 Å². The number of nitrogens with zero attached hydrogens (tertiary/aromatic N) is 3. The number of amidine groups is 1. The number of nitrogens with two attached hydrogens (primary N) is 2. The molecule has 0 unspecified atom stereocenters. The van der Waals surface area contributed by atoms with Gasteiger partial charge in [-0.1, -0.05) is 118 Å². The lowest BCUT2D eigenvalue weighted by Gasteiger charge is -2.20. The quantitative estimate of drug-likeness (QED) is 0.103. The van der Waals surface area contributed by atoms with E-state index in [0.29, 0.717) is 23.2 Å². The van der Waals surface area contributed by atoms with Gasteiger partial charge in [-0.2, -0.15) is 5.26 Å². The Kier molecular flexibility index (Phi) is 11.9. The largest absolute Gasteiger partial charge is 0.384 e. The van der Waals surface area contributed by atoms with Gasteiger partial charge in [0.1, 0.15) is 5.84 Å². The molecule has 8 aromatic carbocycles. The van der Waals surface area contributed by atoms with Crippen LogP contribution in [0.5, 0.6) is 0 Å². The Morgan fingerprint density at radius 2 is 1.21 bits per heavy atom. The van der Waals surface area contributed by atoms with Crippen LogP contribution in [0.4, 0.5) is 0 Å². The van der Waals surface area contributed by atoms with Crippen LogP contribution >= 0.6 is 0 Å². The number of hydrogen-bond acceptors (Lipinski definition) is 4. The molecule has 0 spiro atoms. The summed E-state index contributed by atoms with van der Waals surface area (Å²) in [4.78, 5) is 0.119. The maximum atomic E-state index is 12.3. The molecule has 0 bridgehead atoms. The highest BCUT2D eigenvalue weighted by molar-refractivity contribution is 7.89.